The molecule has 1 aliphatic rings. The number of nitrogens with one attached hydrogen (secondary N) is 1. The number of nitrogens with two attached hydrogens (primary N) is 1. The van der Waals surface area contributed by atoms with E-state index >= 15 is 0 Å². The molecule has 2 heterocycles. The summed E-state index contributed by atoms with van der Waals surface area (Å²) in [7, 11) is 0. The highest BCUT2D eigenvalue weighted by Gasteiger charge is 2.16. The first-order valence-corrected chi connectivity index (χ1v) is 8.11. The van der Waals surface area contributed by atoms with Gasteiger partial charge in [-0.25, -0.2) is 0 Å². The van der Waals surface area contributed by atoms with E-state index in [9.17, 15) is 0 Å². The highest BCUT2D eigenvalue weighted by Crippen LogP contribution is 2.26. The quantitative estimate of drug-likeness (QED) is 0.870. The molecule has 1 fully saturated rings. The molecule has 0 aliphatic carbocycles. The summed E-state index contributed by atoms with van der Waals surface area (Å²) >= 11 is 0. The van der Waals surface area contributed by atoms with Crippen LogP contribution >= 0.6 is 0 Å². The second-order valence-electron chi connectivity index (χ2n) is 5.71. The number of hydrogen-bond acceptors (Lipinski definition) is 6. The average Bonchev–Trinajstić information content (AvgIpc) is 2.99. The van der Waals surface area contributed by atoms with Gasteiger partial charge in [0, 0.05) is 44.5 Å². The molecule has 1 aromatic heterocycles. The van der Waals surface area contributed by atoms with Crippen molar-refractivity contribution >= 4 is 5.69 Å². The first-order valence-electron chi connectivity index (χ1n) is 8.11. The Kier molecular flexibility index (Phi) is 4.78. The van der Waals surface area contributed by atoms with Gasteiger partial charge in [0.2, 0.25) is 0 Å². The maximum Gasteiger partial charge on any atom is 0.322 e. The van der Waals surface area contributed by atoms with Crippen LogP contribution in [0.25, 0.3) is 0 Å². The monoisotopic (exact) mass is 316 g/mol. The molecule has 7 nitrogen and oxygen atoms in total. The Morgan fingerprint density at radius 2 is 2.09 bits per heavy atom. The Labute approximate surface area is 136 Å². The Hall–Kier alpha value is -2.12. The van der Waals surface area contributed by atoms with Crippen LogP contribution in [0.5, 0.6) is 11.8 Å². The van der Waals surface area contributed by atoms with Crippen LogP contribution in [0.15, 0.2) is 24.3 Å². The second-order valence-corrected chi connectivity index (χ2v) is 5.71. The Morgan fingerprint density at radius 3 is 2.78 bits per heavy atom. The normalized spacial score (nSPS) is 16.4. The molecule has 3 rings (SSSR count). The minimum Gasteiger partial charge on any atom is -0.424 e. The van der Waals surface area contributed by atoms with E-state index in [1.807, 2.05) is 36.6 Å². The van der Waals surface area contributed by atoms with Crippen molar-refractivity contribution in [3.63, 3.8) is 0 Å². The molecule has 0 saturated carbocycles. The smallest absolute Gasteiger partial charge is 0.322 e. The molecular formula is C16H24N6O. The van der Waals surface area contributed by atoms with E-state index in [4.69, 9.17) is 10.5 Å². The maximum atomic E-state index is 5.95. The van der Waals surface area contributed by atoms with Crippen molar-refractivity contribution in [1.82, 2.24) is 20.1 Å². The third kappa shape index (κ3) is 3.46. The lowest BCUT2D eigenvalue weighted by molar-refractivity contribution is 0.409. The van der Waals surface area contributed by atoms with Crippen LogP contribution in [0.4, 0.5) is 5.69 Å². The molecular weight excluding hydrogens is 292 g/mol. The van der Waals surface area contributed by atoms with Gasteiger partial charge in [0.25, 0.3) is 0 Å². The van der Waals surface area contributed by atoms with E-state index in [1.165, 1.54) is 5.69 Å². The van der Waals surface area contributed by atoms with Gasteiger partial charge in [-0.05, 0) is 26.0 Å². The lowest BCUT2D eigenvalue weighted by Gasteiger charge is -2.29. The molecule has 23 heavy (non-hydrogen) atoms. The molecule has 1 atom stereocenters. The molecule has 1 unspecified atom stereocenters. The van der Waals surface area contributed by atoms with Crippen molar-refractivity contribution in [2.24, 2.45) is 5.73 Å². The molecule has 2 aromatic rings. The van der Waals surface area contributed by atoms with Crippen LogP contribution in [0, 0.1) is 0 Å². The van der Waals surface area contributed by atoms with Crippen molar-refractivity contribution in [2.75, 3.05) is 31.1 Å². The van der Waals surface area contributed by atoms with Crippen LogP contribution < -0.4 is 20.7 Å². The van der Waals surface area contributed by atoms with Gasteiger partial charge >= 0.3 is 6.01 Å². The molecule has 0 amide bonds. The summed E-state index contributed by atoms with van der Waals surface area (Å²) in [6.07, 6.45) is 0. The van der Waals surface area contributed by atoms with Gasteiger partial charge in [-0.1, -0.05) is 11.2 Å². The van der Waals surface area contributed by atoms with E-state index < -0.39 is 0 Å². The summed E-state index contributed by atoms with van der Waals surface area (Å²) in [5, 5.41) is 11.6. The molecule has 1 saturated heterocycles. The summed E-state index contributed by atoms with van der Waals surface area (Å²) in [6, 6.07) is 8.41. The summed E-state index contributed by atoms with van der Waals surface area (Å²) in [5.74, 6) is 1.50. The van der Waals surface area contributed by atoms with Crippen molar-refractivity contribution in [3.05, 3.63) is 30.1 Å². The van der Waals surface area contributed by atoms with Gasteiger partial charge in [0.05, 0.1) is 6.04 Å². The summed E-state index contributed by atoms with van der Waals surface area (Å²) in [4.78, 5) is 2.35. The molecule has 1 aliphatic heterocycles. The van der Waals surface area contributed by atoms with Gasteiger partial charge in [0.15, 0.2) is 5.82 Å². The minimum absolute atomic E-state index is 0.174. The van der Waals surface area contributed by atoms with Crippen LogP contribution in [0.2, 0.25) is 0 Å². The van der Waals surface area contributed by atoms with E-state index in [0.717, 1.165) is 44.3 Å². The van der Waals surface area contributed by atoms with Crippen molar-refractivity contribution < 1.29 is 4.74 Å². The molecule has 7 heteroatoms. The van der Waals surface area contributed by atoms with Crippen molar-refractivity contribution in [2.45, 2.75) is 26.4 Å². The van der Waals surface area contributed by atoms with E-state index in [-0.39, 0.29) is 6.04 Å². The second kappa shape index (κ2) is 6.97. The minimum atomic E-state index is -0.174. The molecule has 0 spiro atoms. The zero-order valence-electron chi connectivity index (χ0n) is 13.7. The summed E-state index contributed by atoms with van der Waals surface area (Å²) < 4.78 is 7.86. The van der Waals surface area contributed by atoms with Gasteiger partial charge in [-0.2, -0.15) is 0 Å². The Balaban J connectivity index is 1.80. The Bertz CT molecular complexity index is 648. The number of piperazine rings is 1. The topological polar surface area (TPSA) is 81.2 Å². The fourth-order valence-corrected chi connectivity index (χ4v) is 2.78. The maximum absolute atomic E-state index is 5.95. The van der Waals surface area contributed by atoms with Gasteiger partial charge < -0.3 is 20.7 Å². The fraction of sp³-hybridized carbons (Fsp3) is 0.500. The van der Waals surface area contributed by atoms with Gasteiger partial charge in [-0.3, -0.25) is 4.57 Å². The summed E-state index contributed by atoms with van der Waals surface area (Å²) in [6.45, 7) is 8.66. The largest absolute Gasteiger partial charge is 0.424 e. The van der Waals surface area contributed by atoms with Crippen LogP contribution in [-0.4, -0.2) is 40.9 Å². The molecule has 0 bridgehead atoms. The standard InChI is InChI=1S/C16H24N6O/c1-3-22-15(12(2)17)19-20-16(22)23-14-6-4-5-13(11-14)21-9-7-18-8-10-21/h4-6,11-12,18H,3,7-10,17H2,1-2H3. The third-order valence-electron chi connectivity index (χ3n) is 3.98. The van der Waals surface area contributed by atoms with Gasteiger partial charge in [-0.15, -0.1) is 5.10 Å². The number of hydrogen-bond donors (Lipinski definition) is 2. The molecule has 1 aromatic carbocycles. The zero-order chi connectivity index (χ0) is 16.2. The predicted octanol–water partition coefficient (Wildman–Crippen LogP) is 1.52. The summed E-state index contributed by atoms with van der Waals surface area (Å²) in [5.41, 5.74) is 7.09. The first-order chi connectivity index (χ1) is 11.2. The number of anilines is 1. The first kappa shape index (κ1) is 15.8. The fourth-order valence-electron chi connectivity index (χ4n) is 2.78. The van der Waals surface area contributed by atoms with Crippen LogP contribution in [-0.2, 0) is 6.54 Å². The van der Waals surface area contributed by atoms with Crippen LogP contribution in [0.3, 0.4) is 0 Å². The van der Waals surface area contributed by atoms with E-state index in [0.29, 0.717) is 6.01 Å². The molecule has 3 N–H and O–H groups in total. The number of nitrogens with zero attached hydrogens (tertiary/aromatic N) is 4. The molecule has 0 radical (unpaired) electrons. The SMILES string of the molecule is CCn1c(Oc2cccc(N3CCNCC3)c2)nnc1C(C)N. The zero-order valence-corrected chi connectivity index (χ0v) is 13.7. The van der Waals surface area contributed by atoms with Gasteiger partial charge in [0.1, 0.15) is 5.75 Å². The number of ether oxygens (including phenoxy) is 1. The average molecular weight is 316 g/mol. The van der Waals surface area contributed by atoms with E-state index in [1.54, 1.807) is 0 Å². The number of rotatable bonds is 5. The lowest BCUT2D eigenvalue weighted by atomic mass is 10.2. The number of aromatic nitrogens is 3. The lowest BCUT2D eigenvalue weighted by Crippen LogP contribution is -2.43. The van der Waals surface area contributed by atoms with Crippen molar-refractivity contribution in [3.8, 4) is 11.8 Å². The Morgan fingerprint density at radius 1 is 1.30 bits per heavy atom. The number of benzene rings is 1. The third-order valence-corrected chi connectivity index (χ3v) is 3.98. The highest BCUT2D eigenvalue weighted by atomic mass is 16.5. The predicted molar refractivity (Wildman–Crippen MR) is 89.9 cm³/mol. The highest BCUT2D eigenvalue weighted by molar-refractivity contribution is 5.51. The van der Waals surface area contributed by atoms with Crippen LogP contribution in [0.1, 0.15) is 25.7 Å². The van der Waals surface area contributed by atoms with E-state index in [2.05, 4.69) is 26.5 Å². The molecule has 124 valence electrons. The van der Waals surface area contributed by atoms with Crippen molar-refractivity contribution in [1.29, 1.82) is 0 Å².